The Balaban J connectivity index is 2.26. The Bertz CT molecular complexity index is 387. The Morgan fingerprint density at radius 3 is 2.65 bits per heavy atom. The fraction of sp³-hybridized carbons (Fsp3) is 0.643. The summed E-state index contributed by atoms with van der Waals surface area (Å²) in [5.41, 5.74) is 2.58. The van der Waals surface area contributed by atoms with E-state index >= 15 is 0 Å². The highest BCUT2D eigenvalue weighted by molar-refractivity contribution is 5.41. The smallest absolute Gasteiger partial charge is 0.128 e. The molecule has 1 fully saturated rings. The largest absolute Gasteiger partial charge is 0.363 e. The fourth-order valence-corrected chi connectivity index (χ4v) is 2.63. The Morgan fingerprint density at radius 1 is 1.29 bits per heavy atom. The van der Waals surface area contributed by atoms with E-state index in [2.05, 4.69) is 40.9 Å². The molecule has 0 spiro atoms. The predicted molar refractivity (Wildman–Crippen MR) is 72.5 cm³/mol. The van der Waals surface area contributed by atoms with E-state index in [1.807, 2.05) is 14.1 Å². The molecule has 3 heteroatoms. The maximum absolute atomic E-state index is 4.68. The lowest BCUT2D eigenvalue weighted by atomic mass is 9.95. The molecular formula is C14H23N3. The SMILES string of the molecule is Cc1nc(N(C)C)ccc1[C@@H]1CCCCN1C. The number of aryl methyl sites for hydroxylation is 1. The molecule has 0 unspecified atom stereocenters. The van der Waals surface area contributed by atoms with Crippen LogP contribution < -0.4 is 4.90 Å². The van der Waals surface area contributed by atoms with E-state index in [1.165, 1.54) is 37.1 Å². The summed E-state index contributed by atoms with van der Waals surface area (Å²) in [6, 6.07) is 4.95. The second-order valence-corrected chi connectivity index (χ2v) is 5.23. The van der Waals surface area contributed by atoms with Crippen molar-refractivity contribution in [2.24, 2.45) is 0 Å². The summed E-state index contributed by atoms with van der Waals surface area (Å²) >= 11 is 0. The number of likely N-dealkylation sites (tertiary alicyclic amines) is 1. The van der Waals surface area contributed by atoms with Gasteiger partial charge >= 0.3 is 0 Å². The third-order valence-corrected chi connectivity index (χ3v) is 3.70. The van der Waals surface area contributed by atoms with E-state index in [9.17, 15) is 0 Å². The monoisotopic (exact) mass is 233 g/mol. The van der Waals surface area contributed by atoms with Crippen LogP contribution in [0.25, 0.3) is 0 Å². The van der Waals surface area contributed by atoms with Crippen molar-refractivity contribution in [3.05, 3.63) is 23.4 Å². The molecule has 1 aliphatic rings. The second kappa shape index (κ2) is 5.05. The van der Waals surface area contributed by atoms with Crippen molar-refractivity contribution in [1.82, 2.24) is 9.88 Å². The highest BCUT2D eigenvalue weighted by atomic mass is 15.1. The van der Waals surface area contributed by atoms with Crippen LogP contribution in [0.5, 0.6) is 0 Å². The topological polar surface area (TPSA) is 19.4 Å². The average Bonchev–Trinajstić information content (AvgIpc) is 2.30. The van der Waals surface area contributed by atoms with Crippen LogP contribution in [-0.4, -0.2) is 37.6 Å². The standard InChI is InChI=1S/C14H23N3/c1-11-12(8-9-14(15-11)16(2)3)13-7-5-6-10-17(13)4/h8-9,13H,5-7,10H2,1-4H3/t13-/m0/s1. The summed E-state index contributed by atoms with van der Waals surface area (Å²) in [6.07, 6.45) is 3.93. The van der Waals surface area contributed by atoms with Gasteiger partial charge in [-0.05, 0) is 45.0 Å². The number of pyridine rings is 1. The molecule has 3 nitrogen and oxygen atoms in total. The first-order valence-corrected chi connectivity index (χ1v) is 6.44. The van der Waals surface area contributed by atoms with Gasteiger partial charge in [0.1, 0.15) is 5.82 Å². The van der Waals surface area contributed by atoms with Crippen LogP contribution >= 0.6 is 0 Å². The molecule has 0 bridgehead atoms. The van der Waals surface area contributed by atoms with E-state index in [4.69, 9.17) is 0 Å². The molecule has 1 atom stereocenters. The second-order valence-electron chi connectivity index (χ2n) is 5.23. The first-order chi connectivity index (χ1) is 8.09. The highest BCUT2D eigenvalue weighted by Gasteiger charge is 2.22. The number of rotatable bonds is 2. The van der Waals surface area contributed by atoms with Crippen LogP contribution in [0.1, 0.15) is 36.6 Å². The highest BCUT2D eigenvalue weighted by Crippen LogP contribution is 2.31. The normalized spacial score (nSPS) is 21.5. The maximum atomic E-state index is 4.68. The van der Waals surface area contributed by atoms with Crippen molar-refractivity contribution >= 4 is 5.82 Å². The van der Waals surface area contributed by atoms with Crippen molar-refractivity contribution in [2.45, 2.75) is 32.2 Å². The lowest BCUT2D eigenvalue weighted by molar-refractivity contribution is 0.186. The van der Waals surface area contributed by atoms with Crippen LogP contribution in [0, 0.1) is 6.92 Å². The Hall–Kier alpha value is -1.09. The minimum Gasteiger partial charge on any atom is -0.363 e. The van der Waals surface area contributed by atoms with E-state index < -0.39 is 0 Å². The van der Waals surface area contributed by atoms with Crippen LogP contribution in [0.2, 0.25) is 0 Å². The summed E-state index contributed by atoms with van der Waals surface area (Å²) in [5, 5.41) is 0. The van der Waals surface area contributed by atoms with Gasteiger partial charge in [-0.1, -0.05) is 12.5 Å². The van der Waals surface area contributed by atoms with E-state index in [-0.39, 0.29) is 0 Å². The molecule has 1 aromatic rings. The molecule has 2 heterocycles. The van der Waals surface area contributed by atoms with Gasteiger partial charge in [0.15, 0.2) is 0 Å². The molecule has 0 amide bonds. The zero-order valence-electron chi connectivity index (χ0n) is 11.4. The van der Waals surface area contributed by atoms with Crippen molar-refractivity contribution < 1.29 is 0 Å². The zero-order chi connectivity index (χ0) is 12.4. The van der Waals surface area contributed by atoms with Gasteiger partial charge in [0, 0.05) is 25.8 Å². The van der Waals surface area contributed by atoms with Gasteiger partial charge in [-0.25, -0.2) is 4.98 Å². The summed E-state index contributed by atoms with van der Waals surface area (Å²) in [5.74, 6) is 1.05. The number of aromatic nitrogens is 1. The summed E-state index contributed by atoms with van der Waals surface area (Å²) in [4.78, 5) is 9.20. The summed E-state index contributed by atoms with van der Waals surface area (Å²) < 4.78 is 0. The number of hydrogen-bond acceptors (Lipinski definition) is 3. The third-order valence-electron chi connectivity index (χ3n) is 3.70. The molecule has 1 saturated heterocycles. The molecule has 2 rings (SSSR count). The van der Waals surface area contributed by atoms with E-state index in [0.29, 0.717) is 6.04 Å². The van der Waals surface area contributed by atoms with Crippen molar-refractivity contribution in [3.8, 4) is 0 Å². The first-order valence-electron chi connectivity index (χ1n) is 6.44. The van der Waals surface area contributed by atoms with E-state index in [0.717, 1.165) is 5.82 Å². The molecule has 0 N–H and O–H groups in total. The van der Waals surface area contributed by atoms with Crippen LogP contribution in [0.4, 0.5) is 5.82 Å². The summed E-state index contributed by atoms with van der Waals surface area (Å²) in [6.45, 7) is 3.34. The molecule has 1 aliphatic heterocycles. The number of hydrogen-bond donors (Lipinski definition) is 0. The zero-order valence-corrected chi connectivity index (χ0v) is 11.4. The molecule has 0 radical (unpaired) electrons. The quantitative estimate of drug-likeness (QED) is 0.783. The van der Waals surface area contributed by atoms with Gasteiger partial charge in [0.05, 0.1) is 0 Å². The van der Waals surface area contributed by atoms with Gasteiger partial charge in [-0.2, -0.15) is 0 Å². The van der Waals surface area contributed by atoms with Gasteiger partial charge in [0.2, 0.25) is 0 Å². The molecular weight excluding hydrogens is 210 g/mol. The third kappa shape index (κ3) is 2.60. The molecule has 1 aromatic heterocycles. The Labute approximate surface area is 104 Å². The molecule has 17 heavy (non-hydrogen) atoms. The fourth-order valence-electron chi connectivity index (χ4n) is 2.63. The predicted octanol–water partition coefficient (Wildman–Crippen LogP) is 2.61. The van der Waals surface area contributed by atoms with Gasteiger partial charge in [0.25, 0.3) is 0 Å². The first kappa shape index (κ1) is 12.4. The van der Waals surface area contributed by atoms with Crippen LogP contribution in [0.3, 0.4) is 0 Å². The minimum atomic E-state index is 0.562. The molecule has 0 aromatic carbocycles. The number of nitrogens with zero attached hydrogens (tertiary/aromatic N) is 3. The van der Waals surface area contributed by atoms with Crippen LogP contribution in [0.15, 0.2) is 12.1 Å². The molecule has 0 saturated carbocycles. The average molecular weight is 233 g/mol. The molecule has 94 valence electrons. The Kier molecular flexibility index (Phi) is 3.67. The lowest BCUT2D eigenvalue weighted by Crippen LogP contribution is -2.30. The van der Waals surface area contributed by atoms with Gasteiger partial charge < -0.3 is 4.90 Å². The maximum Gasteiger partial charge on any atom is 0.128 e. The van der Waals surface area contributed by atoms with Gasteiger partial charge in [-0.15, -0.1) is 0 Å². The van der Waals surface area contributed by atoms with Gasteiger partial charge in [-0.3, -0.25) is 4.90 Å². The van der Waals surface area contributed by atoms with E-state index in [1.54, 1.807) is 0 Å². The van der Waals surface area contributed by atoms with Crippen molar-refractivity contribution in [1.29, 1.82) is 0 Å². The number of anilines is 1. The lowest BCUT2D eigenvalue weighted by Gasteiger charge is -2.33. The van der Waals surface area contributed by atoms with Crippen molar-refractivity contribution in [2.75, 3.05) is 32.6 Å². The number of piperidine rings is 1. The van der Waals surface area contributed by atoms with Crippen molar-refractivity contribution in [3.63, 3.8) is 0 Å². The minimum absolute atomic E-state index is 0.562. The summed E-state index contributed by atoms with van der Waals surface area (Å²) in [7, 11) is 6.30. The Morgan fingerprint density at radius 2 is 2.06 bits per heavy atom. The van der Waals surface area contributed by atoms with Crippen LogP contribution in [-0.2, 0) is 0 Å². The molecule has 0 aliphatic carbocycles.